The van der Waals surface area contributed by atoms with Gasteiger partial charge < -0.3 is 14.8 Å². The molecule has 0 aliphatic carbocycles. The van der Waals surface area contributed by atoms with Gasteiger partial charge in [0.2, 0.25) is 5.91 Å². The smallest absolute Gasteiger partial charge is 0.224 e. The molecule has 4 rings (SSSR count). The first-order chi connectivity index (χ1) is 15.2. The van der Waals surface area contributed by atoms with Crippen molar-refractivity contribution < 1.29 is 4.79 Å². The van der Waals surface area contributed by atoms with Gasteiger partial charge in [0.05, 0.1) is 6.42 Å². The van der Waals surface area contributed by atoms with Gasteiger partial charge in [0.25, 0.3) is 0 Å². The van der Waals surface area contributed by atoms with Crippen molar-refractivity contribution in [3.8, 4) is 5.69 Å². The summed E-state index contributed by atoms with van der Waals surface area (Å²) in [6.07, 6.45) is 4.42. The Balaban J connectivity index is 1.21. The molecule has 1 amide bonds. The Hall–Kier alpha value is -2.89. The van der Waals surface area contributed by atoms with Gasteiger partial charge in [-0.05, 0) is 47.5 Å². The maximum absolute atomic E-state index is 12.4. The van der Waals surface area contributed by atoms with Crippen molar-refractivity contribution in [2.24, 2.45) is 0 Å². The molecule has 1 fully saturated rings. The molecule has 5 heteroatoms. The van der Waals surface area contributed by atoms with E-state index in [1.807, 2.05) is 48.8 Å². The van der Waals surface area contributed by atoms with E-state index in [0.717, 1.165) is 56.1 Å². The molecule has 1 aliphatic rings. The fraction of sp³-hybridized carbons (Fsp3) is 0.346. The van der Waals surface area contributed by atoms with Crippen LogP contribution in [0.15, 0.2) is 73.1 Å². The van der Waals surface area contributed by atoms with Crippen LogP contribution in [-0.2, 0) is 24.3 Å². The third kappa shape index (κ3) is 6.06. The molecule has 3 aromatic rings. The number of hydrogen-bond donors (Lipinski definition) is 1. The molecule has 0 radical (unpaired) electrons. The number of rotatable bonds is 8. The first-order valence-electron chi connectivity index (χ1n) is 11.2. The third-order valence-corrected chi connectivity index (χ3v) is 6.03. The minimum Gasteiger partial charge on any atom is -0.352 e. The van der Waals surface area contributed by atoms with Gasteiger partial charge >= 0.3 is 0 Å². The van der Waals surface area contributed by atoms with Gasteiger partial charge in [0.1, 0.15) is 0 Å². The summed E-state index contributed by atoms with van der Waals surface area (Å²) in [6, 6.07) is 20.8. The summed E-state index contributed by atoms with van der Waals surface area (Å²) in [5.74, 6) is 0.0478. The average Bonchev–Trinajstić information content (AvgIpc) is 3.35. The number of nitrogens with one attached hydrogen (secondary N) is 1. The van der Waals surface area contributed by atoms with Crippen LogP contribution < -0.4 is 5.32 Å². The zero-order valence-corrected chi connectivity index (χ0v) is 18.3. The van der Waals surface area contributed by atoms with Crippen molar-refractivity contribution in [3.63, 3.8) is 0 Å². The molecular weight excluding hydrogens is 384 g/mol. The SMILES string of the molecule is CCN1CCN(Cc2ccc(CNC(=O)Cc3ccc(-n4cccc4)cc3)cc2)CC1. The normalized spacial score (nSPS) is 15.1. The van der Waals surface area contributed by atoms with Crippen molar-refractivity contribution in [2.75, 3.05) is 32.7 Å². The quantitative estimate of drug-likeness (QED) is 0.611. The van der Waals surface area contributed by atoms with Gasteiger partial charge in [-0.1, -0.05) is 43.3 Å². The predicted molar refractivity (Wildman–Crippen MR) is 125 cm³/mol. The first-order valence-corrected chi connectivity index (χ1v) is 11.2. The molecule has 2 heterocycles. The molecule has 0 spiro atoms. The Morgan fingerprint density at radius 3 is 2.03 bits per heavy atom. The van der Waals surface area contributed by atoms with Crippen LogP contribution in [0.5, 0.6) is 0 Å². The van der Waals surface area contributed by atoms with E-state index in [1.54, 1.807) is 0 Å². The first kappa shape index (κ1) is 21.3. The van der Waals surface area contributed by atoms with Crippen molar-refractivity contribution in [1.29, 1.82) is 0 Å². The number of piperazine rings is 1. The van der Waals surface area contributed by atoms with Crippen molar-refractivity contribution in [2.45, 2.75) is 26.4 Å². The molecule has 2 aromatic carbocycles. The minimum atomic E-state index is 0.0478. The van der Waals surface area contributed by atoms with Crippen LogP contribution in [0.25, 0.3) is 5.69 Å². The summed E-state index contributed by atoms with van der Waals surface area (Å²) < 4.78 is 2.05. The molecule has 31 heavy (non-hydrogen) atoms. The highest BCUT2D eigenvalue weighted by Gasteiger charge is 2.15. The summed E-state index contributed by atoms with van der Waals surface area (Å²) in [5.41, 5.74) is 4.59. The molecule has 0 saturated carbocycles. The van der Waals surface area contributed by atoms with E-state index in [9.17, 15) is 4.79 Å². The largest absolute Gasteiger partial charge is 0.352 e. The molecule has 162 valence electrons. The lowest BCUT2D eigenvalue weighted by Gasteiger charge is -2.34. The van der Waals surface area contributed by atoms with Crippen molar-refractivity contribution >= 4 is 5.91 Å². The summed E-state index contributed by atoms with van der Waals surface area (Å²) in [5, 5.41) is 3.04. The van der Waals surface area contributed by atoms with E-state index < -0.39 is 0 Å². The molecule has 1 aromatic heterocycles. The fourth-order valence-electron chi connectivity index (χ4n) is 4.03. The highest BCUT2D eigenvalue weighted by Crippen LogP contribution is 2.12. The number of carbonyl (C=O) groups excluding carboxylic acids is 1. The van der Waals surface area contributed by atoms with E-state index in [-0.39, 0.29) is 5.91 Å². The number of benzene rings is 2. The number of likely N-dealkylation sites (N-methyl/N-ethyl adjacent to an activating group) is 1. The van der Waals surface area contributed by atoms with Crippen molar-refractivity contribution in [1.82, 2.24) is 19.7 Å². The number of carbonyl (C=O) groups is 1. The number of amides is 1. The van der Waals surface area contributed by atoms with Crippen LogP contribution in [0.1, 0.15) is 23.6 Å². The topological polar surface area (TPSA) is 40.5 Å². The van der Waals surface area contributed by atoms with E-state index in [0.29, 0.717) is 13.0 Å². The van der Waals surface area contributed by atoms with Gasteiger partial charge in [0.15, 0.2) is 0 Å². The van der Waals surface area contributed by atoms with E-state index in [1.165, 1.54) is 5.56 Å². The molecule has 0 unspecified atom stereocenters. The number of aromatic nitrogens is 1. The summed E-state index contributed by atoms with van der Waals surface area (Å²) in [4.78, 5) is 17.4. The molecule has 0 atom stereocenters. The van der Waals surface area contributed by atoms with Crippen LogP contribution in [0.3, 0.4) is 0 Å². The Morgan fingerprint density at radius 1 is 0.806 bits per heavy atom. The Bertz CT molecular complexity index is 940. The second-order valence-corrected chi connectivity index (χ2v) is 8.24. The minimum absolute atomic E-state index is 0.0478. The number of hydrogen-bond acceptors (Lipinski definition) is 3. The molecular formula is C26H32N4O. The van der Waals surface area contributed by atoms with Crippen molar-refractivity contribution in [3.05, 3.63) is 89.7 Å². The van der Waals surface area contributed by atoms with Crippen LogP contribution in [0, 0.1) is 0 Å². The fourth-order valence-corrected chi connectivity index (χ4v) is 4.03. The lowest BCUT2D eigenvalue weighted by Crippen LogP contribution is -2.45. The zero-order chi connectivity index (χ0) is 21.5. The third-order valence-electron chi connectivity index (χ3n) is 6.03. The van der Waals surface area contributed by atoms with E-state index >= 15 is 0 Å². The second kappa shape index (κ2) is 10.4. The van der Waals surface area contributed by atoms with Gasteiger partial charge in [-0.3, -0.25) is 9.69 Å². The molecule has 0 bridgehead atoms. The van der Waals surface area contributed by atoms with Crippen LogP contribution >= 0.6 is 0 Å². The predicted octanol–water partition coefficient (Wildman–Crippen LogP) is 3.47. The monoisotopic (exact) mass is 416 g/mol. The lowest BCUT2D eigenvalue weighted by atomic mass is 10.1. The van der Waals surface area contributed by atoms with Gasteiger partial charge in [0, 0.05) is 57.3 Å². The number of nitrogens with zero attached hydrogens (tertiary/aromatic N) is 3. The Labute approximate surface area is 185 Å². The van der Waals surface area contributed by atoms with Crippen LogP contribution in [0.4, 0.5) is 0 Å². The van der Waals surface area contributed by atoms with Crippen LogP contribution in [-0.4, -0.2) is 53.0 Å². The highest BCUT2D eigenvalue weighted by molar-refractivity contribution is 5.78. The van der Waals surface area contributed by atoms with E-state index in [2.05, 4.69) is 50.9 Å². The summed E-state index contributed by atoms with van der Waals surface area (Å²) >= 11 is 0. The molecule has 5 nitrogen and oxygen atoms in total. The van der Waals surface area contributed by atoms with Gasteiger partial charge in [-0.2, -0.15) is 0 Å². The molecule has 1 N–H and O–H groups in total. The standard InChI is InChI=1S/C26H32N4O/c1-2-28-15-17-29(18-16-28)21-24-7-5-23(6-8-24)20-27-26(31)19-22-9-11-25(12-10-22)30-13-3-4-14-30/h3-14H,2,15-21H2,1H3,(H,27,31). The lowest BCUT2D eigenvalue weighted by molar-refractivity contribution is -0.120. The molecule has 1 aliphatic heterocycles. The second-order valence-electron chi connectivity index (χ2n) is 8.24. The summed E-state index contributed by atoms with van der Waals surface area (Å²) in [6.45, 7) is 9.54. The highest BCUT2D eigenvalue weighted by atomic mass is 16.1. The molecule has 1 saturated heterocycles. The van der Waals surface area contributed by atoms with Gasteiger partial charge in [-0.15, -0.1) is 0 Å². The Kier molecular flexibility index (Phi) is 7.18. The van der Waals surface area contributed by atoms with Gasteiger partial charge in [-0.25, -0.2) is 0 Å². The van der Waals surface area contributed by atoms with E-state index in [4.69, 9.17) is 0 Å². The summed E-state index contributed by atoms with van der Waals surface area (Å²) in [7, 11) is 0. The Morgan fingerprint density at radius 2 is 1.39 bits per heavy atom. The average molecular weight is 417 g/mol. The maximum atomic E-state index is 12.4. The van der Waals surface area contributed by atoms with Crippen LogP contribution in [0.2, 0.25) is 0 Å². The maximum Gasteiger partial charge on any atom is 0.224 e. The zero-order valence-electron chi connectivity index (χ0n) is 18.3.